The van der Waals surface area contributed by atoms with Crippen LogP contribution in [0.3, 0.4) is 0 Å². The molecule has 116 valence electrons. The van der Waals surface area contributed by atoms with Crippen molar-refractivity contribution in [3.8, 4) is 6.07 Å². The maximum atomic E-state index is 12.8. The molecule has 0 amide bonds. The van der Waals surface area contributed by atoms with Crippen LogP contribution in [0.4, 0.5) is 0 Å². The number of sulfonamides is 1. The number of hydrogen-bond acceptors (Lipinski definition) is 5. The molecule has 0 radical (unpaired) electrons. The molecule has 0 bridgehead atoms. The van der Waals surface area contributed by atoms with Crippen LogP contribution in [0, 0.1) is 17.2 Å². The Balaban J connectivity index is 2.32. The van der Waals surface area contributed by atoms with Gasteiger partial charge in [-0.25, -0.2) is 8.42 Å². The van der Waals surface area contributed by atoms with Gasteiger partial charge in [0.15, 0.2) is 0 Å². The lowest BCUT2D eigenvalue weighted by molar-refractivity contribution is 0.188. The summed E-state index contributed by atoms with van der Waals surface area (Å²) in [6, 6.07) is 5.06. The summed E-state index contributed by atoms with van der Waals surface area (Å²) in [7, 11) is -3.54. The molecule has 1 aromatic heterocycles. The van der Waals surface area contributed by atoms with Crippen LogP contribution in [0.5, 0.6) is 0 Å². The zero-order chi connectivity index (χ0) is 15.5. The van der Waals surface area contributed by atoms with E-state index in [-0.39, 0.29) is 16.2 Å². The van der Waals surface area contributed by atoms with Crippen LogP contribution in [-0.2, 0) is 10.0 Å². The summed E-state index contributed by atoms with van der Waals surface area (Å²) in [5.74, 6) is 0.226. The van der Waals surface area contributed by atoms with E-state index in [1.54, 1.807) is 10.4 Å². The molecule has 2 N–H and O–H groups in total. The lowest BCUT2D eigenvalue weighted by atomic mass is 9.84. The Morgan fingerprint density at radius 3 is 2.71 bits per heavy atom. The van der Waals surface area contributed by atoms with Gasteiger partial charge in [0.25, 0.3) is 10.0 Å². The summed E-state index contributed by atoms with van der Waals surface area (Å²) in [6.45, 7) is 2.81. The highest BCUT2D eigenvalue weighted by molar-refractivity contribution is 7.91. The molecule has 1 heterocycles. The van der Waals surface area contributed by atoms with E-state index < -0.39 is 10.0 Å². The largest absolute Gasteiger partial charge is 0.330 e. The summed E-state index contributed by atoms with van der Waals surface area (Å²) in [5, 5.41) is 8.88. The van der Waals surface area contributed by atoms with Crippen molar-refractivity contribution in [3.63, 3.8) is 0 Å². The monoisotopic (exact) mass is 327 g/mol. The molecule has 1 aromatic rings. The van der Waals surface area contributed by atoms with Crippen LogP contribution in [0.25, 0.3) is 0 Å². The van der Waals surface area contributed by atoms with Crippen molar-refractivity contribution >= 4 is 21.4 Å². The highest BCUT2D eigenvalue weighted by Crippen LogP contribution is 2.33. The Kier molecular flexibility index (Phi) is 5.38. The van der Waals surface area contributed by atoms with E-state index in [2.05, 4.69) is 0 Å². The summed E-state index contributed by atoms with van der Waals surface area (Å²) in [4.78, 5) is 0.420. The van der Waals surface area contributed by atoms with E-state index in [1.165, 1.54) is 6.07 Å². The van der Waals surface area contributed by atoms with E-state index in [9.17, 15) is 8.42 Å². The summed E-state index contributed by atoms with van der Waals surface area (Å²) in [5.41, 5.74) is 5.83. The molecule has 1 aliphatic rings. The molecule has 2 rings (SSSR count). The summed E-state index contributed by atoms with van der Waals surface area (Å²) >= 11 is 1.03. The Hall–Kier alpha value is -0.940. The first kappa shape index (κ1) is 16.4. The minimum Gasteiger partial charge on any atom is -0.330 e. The minimum absolute atomic E-state index is 0.0219. The third-order valence-electron chi connectivity index (χ3n) is 4.11. The molecule has 0 aromatic carbocycles. The smallest absolute Gasteiger partial charge is 0.252 e. The van der Waals surface area contributed by atoms with Crippen LogP contribution in [0.15, 0.2) is 16.3 Å². The van der Waals surface area contributed by atoms with Crippen LogP contribution in [-0.4, -0.2) is 31.9 Å². The molecule has 2 unspecified atom stereocenters. The van der Waals surface area contributed by atoms with Gasteiger partial charge in [-0.1, -0.05) is 19.8 Å². The highest BCUT2D eigenvalue weighted by atomic mass is 32.2. The van der Waals surface area contributed by atoms with Crippen LogP contribution in [0.2, 0.25) is 0 Å². The van der Waals surface area contributed by atoms with Crippen molar-refractivity contribution in [2.24, 2.45) is 11.7 Å². The number of nitrogens with zero attached hydrogens (tertiary/aromatic N) is 2. The minimum atomic E-state index is -3.54. The molecular weight excluding hydrogens is 306 g/mol. The van der Waals surface area contributed by atoms with Crippen LogP contribution < -0.4 is 5.73 Å². The fourth-order valence-corrected chi connectivity index (χ4v) is 6.02. The molecule has 1 saturated carbocycles. The molecular formula is C14H21N3O2S2. The molecule has 1 aliphatic carbocycles. The SMILES string of the molecule is CCN(C1CCCCC1CN)S(=O)(=O)c1ccc(C#N)s1. The fraction of sp³-hybridized carbons (Fsp3) is 0.643. The third kappa shape index (κ3) is 3.29. The molecule has 2 atom stereocenters. The fourth-order valence-electron chi connectivity index (χ4n) is 3.06. The quantitative estimate of drug-likeness (QED) is 0.897. The maximum absolute atomic E-state index is 12.8. The molecule has 1 fully saturated rings. The van der Waals surface area contributed by atoms with Crippen LogP contribution in [0.1, 0.15) is 37.5 Å². The second kappa shape index (κ2) is 6.88. The Morgan fingerprint density at radius 2 is 2.14 bits per heavy atom. The van der Waals surface area contributed by atoms with E-state index in [0.717, 1.165) is 37.0 Å². The lowest BCUT2D eigenvalue weighted by Crippen LogP contribution is -2.47. The van der Waals surface area contributed by atoms with Gasteiger partial charge < -0.3 is 5.73 Å². The van der Waals surface area contributed by atoms with Crippen molar-refractivity contribution in [1.29, 1.82) is 5.26 Å². The molecule has 0 aliphatic heterocycles. The zero-order valence-corrected chi connectivity index (χ0v) is 13.8. The number of hydrogen-bond donors (Lipinski definition) is 1. The average Bonchev–Trinajstić information content (AvgIpc) is 2.98. The second-order valence-electron chi connectivity index (χ2n) is 5.29. The van der Waals surface area contributed by atoms with Gasteiger partial charge in [-0.2, -0.15) is 9.57 Å². The van der Waals surface area contributed by atoms with Gasteiger partial charge in [0.1, 0.15) is 15.2 Å². The number of thiophene rings is 1. The van der Waals surface area contributed by atoms with Crippen LogP contribution >= 0.6 is 11.3 Å². The van der Waals surface area contributed by atoms with Crippen molar-refractivity contribution in [2.45, 2.75) is 42.9 Å². The van der Waals surface area contributed by atoms with Crippen molar-refractivity contribution < 1.29 is 8.42 Å². The van der Waals surface area contributed by atoms with Gasteiger partial charge in [0, 0.05) is 12.6 Å². The molecule has 0 saturated heterocycles. The van der Waals surface area contributed by atoms with Gasteiger partial charge in [0.05, 0.1) is 0 Å². The lowest BCUT2D eigenvalue weighted by Gasteiger charge is -2.38. The van der Waals surface area contributed by atoms with Gasteiger partial charge in [-0.05, 0) is 37.4 Å². The first-order chi connectivity index (χ1) is 10.0. The first-order valence-electron chi connectivity index (χ1n) is 7.26. The predicted octanol–water partition coefficient (Wildman–Crippen LogP) is 2.15. The van der Waals surface area contributed by atoms with E-state index in [1.807, 2.05) is 13.0 Å². The molecule has 21 heavy (non-hydrogen) atoms. The topological polar surface area (TPSA) is 87.2 Å². The Labute approximate surface area is 130 Å². The third-order valence-corrected chi connectivity index (χ3v) is 7.57. The van der Waals surface area contributed by atoms with E-state index >= 15 is 0 Å². The normalized spacial score (nSPS) is 23.1. The molecule has 5 nitrogen and oxygen atoms in total. The van der Waals surface area contributed by atoms with E-state index in [4.69, 9.17) is 11.0 Å². The average molecular weight is 327 g/mol. The van der Waals surface area contributed by atoms with Crippen molar-refractivity contribution in [3.05, 3.63) is 17.0 Å². The molecule has 7 heteroatoms. The highest BCUT2D eigenvalue weighted by Gasteiger charge is 2.36. The van der Waals surface area contributed by atoms with Gasteiger partial charge in [-0.15, -0.1) is 11.3 Å². The zero-order valence-electron chi connectivity index (χ0n) is 12.2. The van der Waals surface area contributed by atoms with Crippen molar-refractivity contribution in [2.75, 3.05) is 13.1 Å². The predicted molar refractivity (Wildman–Crippen MR) is 83.4 cm³/mol. The number of rotatable bonds is 5. The van der Waals surface area contributed by atoms with Gasteiger partial charge >= 0.3 is 0 Å². The Morgan fingerprint density at radius 1 is 1.43 bits per heavy atom. The first-order valence-corrected chi connectivity index (χ1v) is 9.52. The maximum Gasteiger partial charge on any atom is 0.252 e. The summed E-state index contributed by atoms with van der Waals surface area (Å²) < 4.78 is 27.5. The number of nitriles is 1. The molecule has 0 spiro atoms. The van der Waals surface area contributed by atoms with Gasteiger partial charge in [0.2, 0.25) is 0 Å². The standard InChI is InChI=1S/C14H21N3O2S2/c1-2-17(13-6-4-3-5-11(13)9-15)21(18,19)14-8-7-12(10-16)20-14/h7-8,11,13H,2-6,9,15H2,1H3. The second-order valence-corrected chi connectivity index (χ2v) is 8.49. The van der Waals surface area contributed by atoms with E-state index in [0.29, 0.717) is 18.0 Å². The van der Waals surface area contributed by atoms with Crippen molar-refractivity contribution in [1.82, 2.24) is 4.31 Å². The Bertz CT molecular complexity index is 618. The number of nitrogens with two attached hydrogens (primary N) is 1. The summed E-state index contributed by atoms with van der Waals surface area (Å²) in [6.07, 6.45) is 4.01. The van der Waals surface area contributed by atoms with Gasteiger partial charge in [-0.3, -0.25) is 0 Å².